The second-order valence-electron chi connectivity index (χ2n) is 2.91. The van der Waals surface area contributed by atoms with Gasteiger partial charge in [-0.3, -0.25) is 4.79 Å². The molecule has 2 heteroatoms. The molecule has 1 heterocycles. The largest absolute Gasteiger partial charge is 0.468 e. The maximum Gasteiger partial charge on any atom is 0.163 e. The highest BCUT2D eigenvalue weighted by Gasteiger charge is 2.12. The summed E-state index contributed by atoms with van der Waals surface area (Å²) in [6.45, 7) is 5.56. The average Bonchev–Trinajstić information content (AvgIpc) is 2.32. The predicted octanol–water partition coefficient (Wildman–Crippen LogP) is 2.61. The van der Waals surface area contributed by atoms with Gasteiger partial charge in [-0.05, 0) is 13.0 Å². The van der Waals surface area contributed by atoms with E-state index in [0.29, 0.717) is 5.56 Å². The van der Waals surface area contributed by atoms with Crippen molar-refractivity contribution in [3.05, 3.63) is 23.7 Å². The van der Waals surface area contributed by atoms with Crippen LogP contribution in [-0.4, -0.2) is 5.78 Å². The van der Waals surface area contributed by atoms with Crippen LogP contribution in [0.3, 0.4) is 0 Å². The Kier molecular flexibility index (Phi) is 2.13. The van der Waals surface area contributed by atoms with Crippen LogP contribution in [0.1, 0.15) is 42.8 Å². The molecule has 2 nitrogen and oxygen atoms in total. The SMILES string of the molecule is CC(=O)c1ccoc1C(C)C. The third-order valence-electron chi connectivity index (χ3n) is 1.60. The van der Waals surface area contributed by atoms with E-state index in [1.807, 2.05) is 13.8 Å². The van der Waals surface area contributed by atoms with E-state index in [2.05, 4.69) is 0 Å². The van der Waals surface area contributed by atoms with Crippen LogP contribution in [-0.2, 0) is 0 Å². The van der Waals surface area contributed by atoms with Gasteiger partial charge in [0.25, 0.3) is 0 Å². The smallest absolute Gasteiger partial charge is 0.163 e. The van der Waals surface area contributed by atoms with E-state index in [-0.39, 0.29) is 11.7 Å². The molecule has 0 spiro atoms. The molecular formula is C9H12O2. The molecule has 0 saturated heterocycles. The molecule has 1 rings (SSSR count). The zero-order valence-corrected chi connectivity index (χ0v) is 7.05. The van der Waals surface area contributed by atoms with Crippen molar-refractivity contribution in [2.45, 2.75) is 26.7 Å². The quantitative estimate of drug-likeness (QED) is 0.610. The molecule has 0 aliphatic heterocycles. The number of ketones is 1. The van der Waals surface area contributed by atoms with E-state index in [1.54, 1.807) is 19.3 Å². The van der Waals surface area contributed by atoms with Crippen molar-refractivity contribution in [2.75, 3.05) is 0 Å². The highest BCUT2D eigenvalue weighted by molar-refractivity contribution is 5.95. The molecule has 0 atom stereocenters. The normalized spacial score (nSPS) is 10.5. The minimum atomic E-state index is 0.0717. The van der Waals surface area contributed by atoms with Gasteiger partial charge in [0, 0.05) is 5.92 Å². The first-order valence-corrected chi connectivity index (χ1v) is 3.71. The second kappa shape index (κ2) is 2.91. The van der Waals surface area contributed by atoms with Crippen LogP contribution in [0.4, 0.5) is 0 Å². The molecular weight excluding hydrogens is 140 g/mol. The van der Waals surface area contributed by atoms with Crippen molar-refractivity contribution in [3.63, 3.8) is 0 Å². The van der Waals surface area contributed by atoms with Gasteiger partial charge in [0.05, 0.1) is 11.8 Å². The van der Waals surface area contributed by atoms with Crippen LogP contribution in [0.5, 0.6) is 0 Å². The van der Waals surface area contributed by atoms with E-state index < -0.39 is 0 Å². The maximum atomic E-state index is 11.0. The molecule has 0 amide bonds. The molecule has 0 aromatic carbocycles. The topological polar surface area (TPSA) is 30.2 Å². The number of carbonyl (C=O) groups is 1. The van der Waals surface area contributed by atoms with Gasteiger partial charge in [-0.25, -0.2) is 0 Å². The van der Waals surface area contributed by atoms with Gasteiger partial charge < -0.3 is 4.42 Å². The van der Waals surface area contributed by atoms with Crippen LogP contribution in [0.2, 0.25) is 0 Å². The van der Waals surface area contributed by atoms with Crippen LogP contribution >= 0.6 is 0 Å². The summed E-state index contributed by atoms with van der Waals surface area (Å²) in [5.41, 5.74) is 0.708. The van der Waals surface area contributed by atoms with E-state index in [1.165, 1.54) is 0 Å². The number of hydrogen-bond acceptors (Lipinski definition) is 2. The molecule has 0 unspecified atom stereocenters. The van der Waals surface area contributed by atoms with E-state index in [0.717, 1.165) is 5.76 Å². The van der Waals surface area contributed by atoms with Gasteiger partial charge in [0.15, 0.2) is 5.78 Å². The molecule has 0 saturated carbocycles. The standard InChI is InChI=1S/C9H12O2/c1-6(2)9-8(7(3)10)4-5-11-9/h4-6H,1-3H3. The lowest BCUT2D eigenvalue weighted by Crippen LogP contribution is -1.96. The van der Waals surface area contributed by atoms with Crippen molar-refractivity contribution >= 4 is 5.78 Å². The summed E-state index contributed by atoms with van der Waals surface area (Å²) in [7, 11) is 0. The Morgan fingerprint density at radius 3 is 2.55 bits per heavy atom. The van der Waals surface area contributed by atoms with Crippen LogP contribution < -0.4 is 0 Å². The van der Waals surface area contributed by atoms with E-state index in [4.69, 9.17) is 4.42 Å². The zero-order valence-electron chi connectivity index (χ0n) is 7.05. The lowest BCUT2D eigenvalue weighted by molar-refractivity contribution is 0.101. The minimum absolute atomic E-state index is 0.0717. The molecule has 60 valence electrons. The Morgan fingerprint density at radius 2 is 2.18 bits per heavy atom. The van der Waals surface area contributed by atoms with Gasteiger partial charge in [0.2, 0.25) is 0 Å². The highest BCUT2D eigenvalue weighted by Crippen LogP contribution is 2.20. The summed E-state index contributed by atoms with van der Waals surface area (Å²) in [5.74, 6) is 1.14. The molecule has 1 aromatic rings. The molecule has 11 heavy (non-hydrogen) atoms. The highest BCUT2D eigenvalue weighted by atomic mass is 16.3. The fourth-order valence-electron chi connectivity index (χ4n) is 1.06. The maximum absolute atomic E-state index is 11.0. The summed E-state index contributed by atoms with van der Waals surface area (Å²) in [6, 6.07) is 1.72. The molecule has 0 bridgehead atoms. The third kappa shape index (κ3) is 1.50. The predicted molar refractivity (Wildman–Crippen MR) is 42.8 cm³/mol. The van der Waals surface area contributed by atoms with Gasteiger partial charge in [-0.15, -0.1) is 0 Å². The van der Waals surface area contributed by atoms with Crippen molar-refractivity contribution < 1.29 is 9.21 Å². The molecule has 0 fully saturated rings. The first-order chi connectivity index (χ1) is 5.13. The van der Waals surface area contributed by atoms with E-state index >= 15 is 0 Å². The first kappa shape index (κ1) is 8.05. The van der Waals surface area contributed by atoms with Crippen molar-refractivity contribution in [1.82, 2.24) is 0 Å². The van der Waals surface area contributed by atoms with Crippen molar-refractivity contribution in [1.29, 1.82) is 0 Å². The van der Waals surface area contributed by atoms with Gasteiger partial charge in [-0.1, -0.05) is 13.8 Å². The Balaban J connectivity index is 3.06. The number of carbonyl (C=O) groups excluding carboxylic acids is 1. The minimum Gasteiger partial charge on any atom is -0.468 e. The number of Topliss-reactive ketones (excluding diaryl/α,β-unsaturated/α-hetero) is 1. The second-order valence-corrected chi connectivity index (χ2v) is 2.91. The van der Waals surface area contributed by atoms with Crippen LogP contribution in [0.15, 0.2) is 16.7 Å². The van der Waals surface area contributed by atoms with Gasteiger partial charge in [0.1, 0.15) is 5.76 Å². The lowest BCUT2D eigenvalue weighted by atomic mass is 10.1. The zero-order chi connectivity index (χ0) is 8.43. The van der Waals surface area contributed by atoms with Crippen LogP contribution in [0, 0.1) is 0 Å². The molecule has 0 aliphatic carbocycles. The summed E-state index contributed by atoms with van der Waals surface area (Å²) < 4.78 is 5.17. The number of hydrogen-bond donors (Lipinski definition) is 0. The number of rotatable bonds is 2. The Labute approximate surface area is 66.2 Å². The Morgan fingerprint density at radius 1 is 1.55 bits per heavy atom. The summed E-state index contributed by atoms with van der Waals surface area (Å²) in [5, 5.41) is 0. The molecule has 0 N–H and O–H groups in total. The molecule has 0 radical (unpaired) electrons. The fraction of sp³-hybridized carbons (Fsp3) is 0.444. The Bertz CT molecular complexity index is 258. The third-order valence-corrected chi connectivity index (χ3v) is 1.60. The fourth-order valence-corrected chi connectivity index (χ4v) is 1.06. The van der Waals surface area contributed by atoms with E-state index in [9.17, 15) is 4.79 Å². The van der Waals surface area contributed by atoms with Crippen molar-refractivity contribution in [3.8, 4) is 0 Å². The summed E-state index contributed by atoms with van der Waals surface area (Å²) in [4.78, 5) is 11.0. The Hall–Kier alpha value is -1.05. The molecule has 1 aromatic heterocycles. The summed E-state index contributed by atoms with van der Waals surface area (Å²) in [6.07, 6.45) is 1.56. The van der Waals surface area contributed by atoms with Gasteiger partial charge in [-0.2, -0.15) is 0 Å². The van der Waals surface area contributed by atoms with Gasteiger partial charge >= 0.3 is 0 Å². The monoisotopic (exact) mass is 152 g/mol. The first-order valence-electron chi connectivity index (χ1n) is 3.71. The average molecular weight is 152 g/mol. The summed E-state index contributed by atoms with van der Waals surface area (Å²) >= 11 is 0. The van der Waals surface area contributed by atoms with Crippen molar-refractivity contribution in [2.24, 2.45) is 0 Å². The number of furan rings is 1. The lowest BCUT2D eigenvalue weighted by Gasteiger charge is -2.01. The van der Waals surface area contributed by atoms with Crippen LogP contribution in [0.25, 0.3) is 0 Å². The molecule has 0 aliphatic rings.